The van der Waals surface area contributed by atoms with E-state index < -0.39 is 6.10 Å². The van der Waals surface area contributed by atoms with Crippen LogP contribution in [0.1, 0.15) is 31.2 Å². The van der Waals surface area contributed by atoms with Crippen LogP contribution >= 0.6 is 11.3 Å². The van der Waals surface area contributed by atoms with Gasteiger partial charge >= 0.3 is 0 Å². The molecule has 2 aromatic rings. The normalized spacial score (nSPS) is 15.2. The van der Waals surface area contributed by atoms with E-state index in [0.717, 1.165) is 16.7 Å². The van der Waals surface area contributed by atoms with Gasteiger partial charge in [-0.1, -0.05) is 25.1 Å². The van der Waals surface area contributed by atoms with Crippen LogP contribution in [-0.2, 0) is 0 Å². The van der Waals surface area contributed by atoms with E-state index in [0.29, 0.717) is 12.0 Å². The molecule has 4 nitrogen and oxygen atoms in total. The van der Waals surface area contributed by atoms with Gasteiger partial charge in [0.25, 0.3) is 0 Å². The molecule has 1 heterocycles. The minimum Gasteiger partial charge on any atom is -0.386 e. The quantitative estimate of drug-likeness (QED) is 0.586. The number of aliphatic hydroxyl groups excluding tert-OH is 1. The molecule has 0 amide bonds. The van der Waals surface area contributed by atoms with Crippen molar-refractivity contribution in [3.63, 3.8) is 0 Å². The van der Waals surface area contributed by atoms with E-state index in [1.165, 1.54) is 4.70 Å². The zero-order valence-electron chi connectivity index (χ0n) is 11.8. The van der Waals surface area contributed by atoms with Crippen molar-refractivity contribution in [1.82, 2.24) is 5.32 Å². The first-order chi connectivity index (χ1) is 9.60. The van der Waals surface area contributed by atoms with Gasteiger partial charge in [0.1, 0.15) is 6.10 Å². The summed E-state index contributed by atoms with van der Waals surface area (Å²) in [5.74, 6) is 0.388. The lowest BCUT2D eigenvalue weighted by atomic mass is 10.2. The molecular formula is C15H21N3OS. The van der Waals surface area contributed by atoms with Crippen molar-refractivity contribution in [2.24, 2.45) is 10.7 Å². The molecule has 1 aromatic heterocycles. The van der Waals surface area contributed by atoms with Crippen LogP contribution in [0.25, 0.3) is 10.1 Å². The fourth-order valence-electron chi connectivity index (χ4n) is 1.84. The number of nitrogens with one attached hydrogen (secondary N) is 1. The zero-order valence-corrected chi connectivity index (χ0v) is 12.7. The number of thiophene rings is 1. The van der Waals surface area contributed by atoms with Gasteiger partial charge in [0.2, 0.25) is 0 Å². The van der Waals surface area contributed by atoms with E-state index in [1.54, 1.807) is 11.3 Å². The van der Waals surface area contributed by atoms with Crippen molar-refractivity contribution in [1.29, 1.82) is 0 Å². The molecule has 0 saturated carbocycles. The highest BCUT2D eigenvalue weighted by Gasteiger charge is 2.11. The molecule has 0 aliphatic heterocycles. The number of benzene rings is 1. The molecule has 2 rings (SSSR count). The number of fused-ring (bicyclic) bond motifs is 1. The van der Waals surface area contributed by atoms with E-state index >= 15 is 0 Å². The summed E-state index contributed by atoms with van der Waals surface area (Å²) < 4.78 is 1.18. The Morgan fingerprint density at radius 3 is 2.90 bits per heavy atom. The Bertz CT molecular complexity index is 561. The molecule has 0 aliphatic rings. The Morgan fingerprint density at radius 1 is 1.45 bits per heavy atom. The predicted molar refractivity (Wildman–Crippen MR) is 86.2 cm³/mol. The van der Waals surface area contributed by atoms with Gasteiger partial charge in [0, 0.05) is 15.6 Å². The van der Waals surface area contributed by atoms with Gasteiger partial charge in [-0.25, -0.2) is 0 Å². The molecule has 0 radical (unpaired) electrons. The van der Waals surface area contributed by atoms with Crippen molar-refractivity contribution in [2.45, 2.75) is 32.4 Å². The fourth-order valence-corrected chi connectivity index (χ4v) is 2.88. The highest BCUT2D eigenvalue weighted by molar-refractivity contribution is 7.19. The van der Waals surface area contributed by atoms with Gasteiger partial charge in [-0.2, -0.15) is 0 Å². The second-order valence-corrected chi connectivity index (χ2v) is 6.00. The summed E-state index contributed by atoms with van der Waals surface area (Å²) in [6.07, 6.45) is 0.374. The average molecular weight is 291 g/mol. The number of hydrogen-bond donors (Lipinski definition) is 3. The smallest absolute Gasteiger partial charge is 0.188 e. The number of nitrogens with two attached hydrogens (primary N) is 1. The third-order valence-electron chi connectivity index (χ3n) is 3.21. The monoisotopic (exact) mass is 291 g/mol. The molecule has 0 spiro atoms. The molecule has 5 heteroatoms. The Balaban J connectivity index is 2.00. The summed E-state index contributed by atoms with van der Waals surface area (Å²) in [4.78, 5) is 5.12. The highest BCUT2D eigenvalue weighted by atomic mass is 32.1. The number of hydrogen-bond acceptors (Lipinski definition) is 3. The summed E-state index contributed by atoms with van der Waals surface area (Å²) >= 11 is 1.59. The van der Waals surface area contributed by atoms with E-state index in [2.05, 4.69) is 23.3 Å². The van der Waals surface area contributed by atoms with E-state index in [-0.39, 0.29) is 6.54 Å². The standard InChI is InChI=1S/C15H21N3OS/c1-3-10(2)18-15(16)17-9-12(19)14-8-11-6-4-5-7-13(11)20-14/h4-8,10,12,19H,3,9H2,1-2H3,(H3,16,17,18). The fraction of sp³-hybridized carbons (Fsp3) is 0.400. The second kappa shape index (κ2) is 6.72. The van der Waals surface area contributed by atoms with Crippen molar-refractivity contribution < 1.29 is 5.11 Å². The number of nitrogens with zero attached hydrogens (tertiary/aromatic N) is 1. The molecule has 0 saturated heterocycles. The number of aliphatic hydroxyl groups is 1. The highest BCUT2D eigenvalue weighted by Crippen LogP contribution is 2.29. The third-order valence-corrected chi connectivity index (χ3v) is 4.43. The summed E-state index contributed by atoms with van der Waals surface area (Å²) in [5, 5.41) is 14.4. The van der Waals surface area contributed by atoms with Crippen LogP contribution in [0.5, 0.6) is 0 Å². The van der Waals surface area contributed by atoms with Gasteiger partial charge in [-0.3, -0.25) is 4.99 Å². The van der Waals surface area contributed by atoms with Crippen LogP contribution in [0.2, 0.25) is 0 Å². The van der Waals surface area contributed by atoms with Gasteiger partial charge in [-0.15, -0.1) is 11.3 Å². The minimum atomic E-state index is -0.607. The molecule has 0 fully saturated rings. The molecular weight excluding hydrogens is 270 g/mol. The van der Waals surface area contributed by atoms with E-state index in [4.69, 9.17) is 5.73 Å². The lowest BCUT2D eigenvalue weighted by Gasteiger charge is -2.12. The molecule has 4 N–H and O–H groups in total. The Labute approximate surface area is 123 Å². The lowest BCUT2D eigenvalue weighted by Crippen LogP contribution is -2.38. The van der Waals surface area contributed by atoms with Crippen LogP contribution in [0.15, 0.2) is 35.3 Å². The first-order valence-electron chi connectivity index (χ1n) is 6.83. The van der Waals surface area contributed by atoms with Gasteiger partial charge in [0.05, 0.1) is 6.54 Å². The van der Waals surface area contributed by atoms with E-state index in [9.17, 15) is 5.11 Å². The van der Waals surface area contributed by atoms with Gasteiger partial charge in [-0.05, 0) is 30.9 Å². The molecule has 0 bridgehead atoms. The topological polar surface area (TPSA) is 70.6 Å². The van der Waals surface area contributed by atoms with Crippen LogP contribution in [0.3, 0.4) is 0 Å². The first-order valence-corrected chi connectivity index (χ1v) is 7.64. The lowest BCUT2D eigenvalue weighted by molar-refractivity contribution is 0.191. The van der Waals surface area contributed by atoms with Crippen molar-refractivity contribution in [3.05, 3.63) is 35.2 Å². The number of rotatable bonds is 5. The summed E-state index contributed by atoms with van der Waals surface area (Å²) in [5.41, 5.74) is 5.78. The maximum Gasteiger partial charge on any atom is 0.188 e. The number of aliphatic imine (C=N–C) groups is 1. The van der Waals surface area contributed by atoms with Crippen LogP contribution < -0.4 is 11.1 Å². The molecule has 0 aliphatic carbocycles. The Morgan fingerprint density at radius 2 is 2.20 bits per heavy atom. The summed E-state index contributed by atoms with van der Waals surface area (Å²) in [6, 6.07) is 10.4. The summed E-state index contributed by atoms with van der Waals surface area (Å²) in [7, 11) is 0. The largest absolute Gasteiger partial charge is 0.386 e. The maximum absolute atomic E-state index is 10.2. The van der Waals surface area contributed by atoms with Crippen LogP contribution in [0, 0.1) is 0 Å². The molecule has 20 heavy (non-hydrogen) atoms. The van der Waals surface area contributed by atoms with Crippen molar-refractivity contribution in [2.75, 3.05) is 6.54 Å². The molecule has 2 atom stereocenters. The molecule has 2 unspecified atom stereocenters. The maximum atomic E-state index is 10.2. The van der Waals surface area contributed by atoms with Crippen molar-refractivity contribution in [3.8, 4) is 0 Å². The van der Waals surface area contributed by atoms with Gasteiger partial charge in [0.15, 0.2) is 5.96 Å². The Kier molecular flexibility index (Phi) is 4.98. The zero-order chi connectivity index (χ0) is 14.5. The predicted octanol–water partition coefficient (Wildman–Crippen LogP) is 2.64. The average Bonchev–Trinajstić information content (AvgIpc) is 2.88. The Hall–Kier alpha value is -1.59. The first kappa shape index (κ1) is 14.8. The molecule has 108 valence electrons. The third kappa shape index (κ3) is 3.71. The minimum absolute atomic E-state index is 0.280. The second-order valence-electron chi connectivity index (χ2n) is 4.88. The van der Waals surface area contributed by atoms with Crippen LogP contribution in [0.4, 0.5) is 0 Å². The van der Waals surface area contributed by atoms with Gasteiger partial charge < -0.3 is 16.2 Å². The van der Waals surface area contributed by atoms with Crippen molar-refractivity contribution >= 4 is 27.4 Å². The van der Waals surface area contributed by atoms with E-state index in [1.807, 2.05) is 31.2 Å². The summed E-state index contributed by atoms with van der Waals surface area (Å²) in [6.45, 7) is 4.41. The molecule has 1 aromatic carbocycles. The van der Waals surface area contributed by atoms with Crippen LogP contribution in [-0.4, -0.2) is 23.7 Å². The number of guanidine groups is 1. The SMILES string of the molecule is CCC(C)NC(N)=NCC(O)c1cc2ccccc2s1.